The Bertz CT molecular complexity index is 964. The summed E-state index contributed by atoms with van der Waals surface area (Å²) in [5.74, 6) is -0.379. The van der Waals surface area contributed by atoms with Crippen molar-refractivity contribution in [2.24, 2.45) is 0 Å². The average molecular weight is 365 g/mol. The van der Waals surface area contributed by atoms with E-state index in [1.165, 1.54) is 21.8 Å². The van der Waals surface area contributed by atoms with E-state index in [4.69, 9.17) is 0 Å². The highest BCUT2D eigenvalue weighted by Crippen LogP contribution is 2.22. The van der Waals surface area contributed by atoms with Crippen molar-refractivity contribution in [1.82, 2.24) is 25.1 Å². The summed E-state index contributed by atoms with van der Waals surface area (Å²) in [6.45, 7) is 0.864. The lowest BCUT2D eigenvalue weighted by Gasteiger charge is -2.13. The Hall–Kier alpha value is -3.42. The van der Waals surface area contributed by atoms with E-state index >= 15 is 0 Å². The molecule has 0 N–H and O–H groups in total. The summed E-state index contributed by atoms with van der Waals surface area (Å²) < 4.78 is 13.0. The van der Waals surface area contributed by atoms with Gasteiger partial charge in [-0.15, -0.1) is 10.2 Å². The van der Waals surface area contributed by atoms with Gasteiger partial charge in [-0.05, 0) is 54.5 Å². The lowest BCUT2D eigenvalue weighted by molar-refractivity contribution is 0.0651. The zero-order valence-corrected chi connectivity index (χ0v) is 14.4. The van der Waals surface area contributed by atoms with Gasteiger partial charge in [0.1, 0.15) is 5.82 Å². The van der Waals surface area contributed by atoms with E-state index in [0.717, 1.165) is 0 Å². The topological polar surface area (TPSA) is 81.0 Å². The Kier molecular flexibility index (Phi) is 4.45. The number of fused-ring (bicyclic) bond motifs is 1. The molecule has 0 unspecified atom stereocenters. The summed E-state index contributed by atoms with van der Waals surface area (Å²) in [5.41, 5.74) is 1.61. The van der Waals surface area contributed by atoms with Crippen LogP contribution < -0.4 is 0 Å². The third-order valence-electron chi connectivity index (χ3n) is 4.42. The number of hydrogen-bond acceptors (Lipinski definition) is 5. The maximum Gasteiger partial charge on any atom is 0.261 e. The van der Waals surface area contributed by atoms with Crippen molar-refractivity contribution in [3.63, 3.8) is 0 Å². The molecule has 8 heteroatoms. The Labute approximate surface area is 154 Å². The van der Waals surface area contributed by atoms with Crippen LogP contribution in [0.15, 0.2) is 48.5 Å². The number of carbonyl (C=O) groups is 2. The van der Waals surface area contributed by atoms with Gasteiger partial charge in [-0.25, -0.2) is 4.39 Å². The maximum absolute atomic E-state index is 13.0. The van der Waals surface area contributed by atoms with Gasteiger partial charge in [0.2, 0.25) is 5.82 Å². The van der Waals surface area contributed by atoms with Gasteiger partial charge in [-0.3, -0.25) is 14.5 Å². The van der Waals surface area contributed by atoms with Crippen LogP contribution >= 0.6 is 0 Å². The number of rotatable bonds is 6. The molecule has 4 rings (SSSR count). The van der Waals surface area contributed by atoms with Crippen LogP contribution in [0.1, 0.15) is 33.6 Å². The number of halogens is 1. The van der Waals surface area contributed by atoms with Crippen LogP contribution in [-0.2, 0) is 6.54 Å². The van der Waals surface area contributed by atoms with Crippen LogP contribution in [0.25, 0.3) is 11.4 Å². The van der Waals surface area contributed by atoms with E-state index in [9.17, 15) is 14.0 Å². The van der Waals surface area contributed by atoms with E-state index in [2.05, 4.69) is 15.4 Å². The van der Waals surface area contributed by atoms with Crippen molar-refractivity contribution in [2.75, 3.05) is 6.54 Å². The van der Waals surface area contributed by atoms with Gasteiger partial charge < -0.3 is 0 Å². The number of tetrazole rings is 1. The van der Waals surface area contributed by atoms with Gasteiger partial charge in [0.25, 0.3) is 11.8 Å². The molecule has 1 aliphatic heterocycles. The van der Waals surface area contributed by atoms with Crippen LogP contribution in [0.3, 0.4) is 0 Å². The fourth-order valence-electron chi connectivity index (χ4n) is 3.02. The zero-order chi connectivity index (χ0) is 18.8. The molecule has 1 aromatic heterocycles. The minimum absolute atomic E-state index is 0.243. The standard InChI is InChI=1S/C19H16FN5O2/c20-14-9-7-13(8-10-14)17-21-23-25(22-17)12-4-3-11-24-18(26)15-5-1-2-6-16(15)19(24)27/h1-2,5-10H,3-4,11-12H2. The first kappa shape index (κ1) is 17.0. The third-order valence-corrected chi connectivity index (χ3v) is 4.42. The van der Waals surface area contributed by atoms with Crippen molar-refractivity contribution in [3.05, 3.63) is 65.5 Å². The Morgan fingerprint density at radius 2 is 1.48 bits per heavy atom. The van der Waals surface area contributed by atoms with E-state index in [1.807, 2.05) is 0 Å². The van der Waals surface area contributed by atoms with Crippen LogP contribution in [0.2, 0.25) is 0 Å². The molecule has 2 heterocycles. The fraction of sp³-hybridized carbons (Fsp3) is 0.211. The number of aryl methyl sites for hydroxylation is 1. The molecule has 0 atom stereocenters. The summed E-state index contributed by atoms with van der Waals surface area (Å²) in [5, 5.41) is 12.2. The molecule has 2 amide bonds. The third kappa shape index (κ3) is 3.33. The summed E-state index contributed by atoms with van der Waals surface area (Å²) in [7, 11) is 0. The molecule has 0 bridgehead atoms. The zero-order valence-electron chi connectivity index (χ0n) is 14.4. The van der Waals surface area contributed by atoms with Gasteiger partial charge in [0.05, 0.1) is 17.7 Å². The number of carbonyl (C=O) groups excluding carboxylic acids is 2. The van der Waals surface area contributed by atoms with Crippen LogP contribution in [0, 0.1) is 5.82 Å². The van der Waals surface area contributed by atoms with E-state index < -0.39 is 0 Å². The molecule has 0 radical (unpaired) electrons. The molecular weight excluding hydrogens is 349 g/mol. The number of unbranched alkanes of at least 4 members (excludes halogenated alkanes) is 1. The summed E-state index contributed by atoms with van der Waals surface area (Å²) in [6, 6.07) is 12.7. The van der Waals surface area contributed by atoms with E-state index in [0.29, 0.717) is 48.4 Å². The molecule has 0 saturated heterocycles. The lowest BCUT2D eigenvalue weighted by atomic mass is 10.1. The largest absolute Gasteiger partial charge is 0.274 e. The Balaban J connectivity index is 1.31. The predicted molar refractivity (Wildman–Crippen MR) is 94.3 cm³/mol. The van der Waals surface area contributed by atoms with Crippen LogP contribution in [-0.4, -0.2) is 43.5 Å². The number of imide groups is 1. The second-order valence-electron chi connectivity index (χ2n) is 6.23. The van der Waals surface area contributed by atoms with Gasteiger partial charge in [0, 0.05) is 12.1 Å². The number of hydrogen-bond donors (Lipinski definition) is 0. The van der Waals surface area contributed by atoms with Gasteiger partial charge in [0.15, 0.2) is 0 Å². The molecule has 0 spiro atoms. The highest BCUT2D eigenvalue weighted by atomic mass is 19.1. The van der Waals surface area contributed by atoms with Crippen LogP contribution in [0.5, 0.6) is 0 Å². The highest BCUT2D eigenvalue weighted by Gasteiger charge is 2.34. The minimum Gasteiger partial charge on any atom is -0.274 e. The minimum atomic E-state index is -0.320. The molecule has 2 aromatic carbocycles. The molecule has 1 aliphatic rings. The fourth-order valence-corrected chi connectivity index (χ4v) is 3.02. The first-order valence-corrected chi connectivity index (χ1v) is 8.62. The van der Waals surface area contributed by atoms with Crippen molar-refractivity contribution in [3.8, 4) is 11.4 Å². The monoisotopic (exact) mass is 365 g/mol. The van der Waals surface area contributed by atoms with E-state index in [-0.39, 0.29) is 17.6 Å². The van der Waals surface area contributed by atoms with Crippen LogP contribution in [0.4, 0.5) is 4.39 Å². The lowest BCUT2D eigenvalue weighted by Crippen LogP contribution is -2.30. The number of benzene rings is 2. The summed E-state index contributed by atoms with van der Waals surface area (Å²) in [4.78, 5) is 27.3. The maximum atomic E-state index is 13.0. The molecular formula is C19H16FN5O2. The smallest absolute Gasteiger partial charge is 0.261 e. The van der Waals surface area contributed by atoms with Crippen molar-refractivity contribution in [1.29, 1.82) is 0 Å². The molecule has 0 fully saturated rings. The van der Waals surface area contributed by atoms with E-state index in [1.54, 1.807) is 36.4 Å². The molecule has 0 aliphatic carbocycles. The normalized spacial score (nSPS) is 13.3. The Morgan fingerprint density at radius 1 is 0.852 bits per heavy atom. The second-order valence-corrected chi connectivity index (χ2v) is 6.23. The van der Waals surface area contributed by atoms with Gasteiger partial charge >= 0.3 is 0 Å². The highest BCUT2D eigenvalue weighted by molar-refractivity contribution is 6.21. The molecule has 136 valence electrons. The van der Waals surface area contributed by atoms with Gasteiger partial charge in [-0.2, -0.15) is 4.80 Å². The molecule has 27 heavy (non-hydrogen) atoms. The SMILES string of the molecule is O=C1c2ccccc2C(=O)N1CCCCn1nnc(-c2ccc(F)cc2)n1. The molecule has 3 aromatic rings. The number of amides is 2. The summed E-state index contributed by atoms with van der Waals surface area (Å²) in [6.07, 6.45) is 1.32. The Morgan fingerprint density at radius 3 is 2.15 bits per heavy atom. The molecule has 0 saturated carbocycles. The number of aromatic nitrogens is 4. The van der Waals surface area contributed by atoms with Crippen molar-refractivity contribution >= 4 is 11.8 Å². The second kappa shape index (κ2) is 7.06. The first-order valence-electron chi connectivity index (χ1n) is 8.62. The van der Waals surface area contributed by atoms with Gasteiger partial charge in [-0.1, -0.05) is 12.1 Å². The predicted octanol–water partition coefficient (Wildman–Crippen LogP) is 2.56. The van der Waals surface area contributed by atoms with Crippen molar-refractivity contribution in [2.45, 2.75) is 19.4 Å². The quantitative estimate of drug-likeness (QED) is 0.495. The average Bonchev–Trinajstić information content (AvgIpc) is 3.25. The number of nitrogens with zero attached hydrogens (tertiary/aromatic N) is 5. The van der Waals surface area contributed by atoms with Crippen molar-refractivity contribution < 1.29 is 14.0 Å². The molecule has 7 nitrogen and oxygen atoms in total. The summed E-state index contributed by atoms with van der Waals surface area (Å²) >= 11 is 0. The first-order chi connectivity index (χ1) is 13.1.